The third-order valence-electron chi connectivity index (χ3n) is 6.40. The third kappa shape index (κ3) is 2.30. The van der Waals surface area contributed by atoms with Crippen LogP contribution in [0.3, 0.4) is 0 Å². The molecule has 0 aromatic rings. The number of likely N-dealkylation sites (tertiary alicyclic amines) is 1. The van der Waals surface area contributed by atoms with Crippen LogP contribution in [0.5, 0.6) is 0 Å². The van der Waals surface area contributed by atoms with Gasteiger partial charge in [-0.2, -0.15) is 0 Å². The quantitative estimate of drug-likeness (QED) is 0.707. The molecule has 3 unspecified atom stereocenters. The molecule has 1 heterocycles. The van der Waals surface area contributed by atoms with Crippen molar-refractivity contribution in [1.29, 1.82) is 0 Å². The molecule has 1 aliphatic heterocycles. The summed E-state index contributed by atoms with van der Waals surface area (Å²) in [6.07, 6.45) is 6.86. The van der Waals surface area contributed by atoms with Crippen molar-refractivity contribution in [2.24, 2.45) is 17.8 Å². The molecule has 0 aromatic heterocycles. The predicted octanol–water partition coefficient (Wildman–Crippen LogP) is 0.456. The summed E-state index contributed by atoms with van der Waals surface area (Å²) in [5.74, 6) is 1.66. The fourth-order valence-corrected chi connectivity index (χ4v) is 5.77. The highest BCUT2D eigenvalue weighted by atomic mass is 16.3. The average Bonchev–Trinajstić information content (AvgIpc) is 2.89. The van der Waals surface area contributed by atoms with Gasteiger partial charge in [0, 0.05) is 12.6 Å². The molecule has 0 aromatic carbocycles. The Balaban J connectivity index is 1.45. The van der Waals surface area contributed by atoms with Gasteiger partial charge in [-0.05, 0) is 62.7 Å². The van der Waals surface area contributed by atoms with Gasteiger partial charge in [0.1, 0.15) is 0 Å². The second-order valence-corrected chi connectivity index (χ2v) is 7.84. The van der Waals surface area contributed by atoms with Crippen LogP contribution in [0.4, 0.5) is 0 Å². The highest BCUT2D eigenvalue weighted by molar-refractivity contribution is 5.82. The summed E-state index contributed by atoms with van der Waals surface area (Å²) in [7, 11) is 0. The van der Waals surface area contributed by atoms with Gasteiger partial charge in [-0.25, -0.2) is 0 Å². The van der Waals surface area contributed by atoms with Crippen LogP contribution in [0.1, 0.15) is 44.9 Å². The minimum absolute atomic E-state index is 0.0303. The molecule has 4 bridgehead atoms. The van der Waals surface area contributed by atoms with E-state index in [9.17, 15) is 15.0 Å². The van der Waals surface area contributed by atoms with E-state index >= 15 is 0 Å². The van der Waals surface area contributed by atoms with Crippen LogP contribution in [0, 0.1) is 17.8 Å². The monoisotopic (exact) mass is 294 g/mol. The van der Waals surface area contributed by atoms with Gasteiger partial charge in [0.05, 0.1) is 18.4 Å². The van der Waals surface area contributed by atoms with Crippen molar-refractivity contribution in [3.63, 3.8) is 0 Å². The van der Waals surface area contributed by atoms with Crippen molar-refractivity contribution in [3.05, 3.63) is 0 Å². The summed E-state index contributed by atoms with van der Waals surface area (Å²) in [5.41, 5.74) is -0.442. The van der Waals surface area contributed by atoms with E-state index in [4.69, 9.17) is 0 Å². The number of aliphatic hydroxyl groups excluding tert-OH is 1. The first-order chi connectivity index (χ1) is 10.1. The second-order valence-electron chi connectivity index (χ2n) is 7.84. The van der Waals surface area contributed by atoms with Gasteiger partial charge in [0.15, 0.2) is 0 Å². The maximum absolute atomic E-state index is 12.6. The highest BCUT2D eigenvalue weighted by Crippen LogP contribution is 2.55. The Labute approximate surface area is 125 Å². The van der Waals surface area contributed by atoms with Gasteiger partial charge in [-0.3, -0.25) is 9.69 Å². The molecule has 0 radical (unpaired) electrons. The Morgan fingerprint density at radius 1 is 1.24 bits per heavy atom. The van der Waals surface area contributed by atoms with E-state index in [1.54, 1.807) is 0 Å². The maximum Gasteiger partial charge on any atom is 0.237 e. The first-order valence-electron chi connectivity index (χ1n) is 8.46. The Hall–Kier alpha value is -0.650. The lowest BCUT2D eigenvalue weighted by molar-refractivity contribution is -0.148. The lowest BCUT2D eigenvalue weighted by Gasteiger charge is -2.58. The Kier molecular flexibility index (Phi) is 3.28. The summed E-state index contributed by atoms with van der Waals surface area (Å²) in [6.45, 7) is 0.783. The van der Waals surface area contributed by atoms with E-state index in [0.717, 1.165) is 51.5 Å². The number of hydrogen-bond acceptors (Lipinski definition) is 4. The van der Waals surface area contributed by atoms with Gasteiger partial charge in [-0.1, -0.05) is 0 Å². The van der Waals surface area contributed by atoms with Crippen LogP contribution in [0.2, 0.25) is 0 Å². The van der Waals surface area contributed by atoms with Gasteiger partial charge >= 0.3 is 0 Å². The second kappa shape index (κ2) is 4.93. The topological polar surface area (TPSA) is 72.8 Å². The summed E-state index contributed by atoms with van der Waals surface area (Å²) < 4.78 is 0. The van der Waals surface area contributed by atoms with E-state index in [0.29, 0.717) is 17.8 Å². The van der Waals surface area contributed by atoms with Crippen molar-refractivity contribution in [2.75, 3.05) is 13.3 Å². The minimum atomic E-state index is -0.442. The number of nitrogens with one attached hydrogen (secondary N) is 1. The smallest absolute Gasteiger partial charge is 0.237 e. The van der Waals surface area contributed by atoms with Crippen LogP contribution in [-0.2, 0) is 4.79 Å². The normalized spacial score (nSPS) is 48.8. The molecule has 5 heteroatoms. The zero-order valence-electron chi connectivity index (χ0n) is 12.5. The number of rotatable bonds is 3. The van der Waals surface area contributed by atoms with Crippen molar-refractivity contribution in [3.8, 4) is 0 Å². The van der Waals surface area contributed by atoms with E-state index < -0.39 is 5.60 Å². The molecule has 1 amide bonds. The van der Waals surface area contributed by atoms with Gasteiger partial charge < -0.3 is 15.5 Å². The van der Waals surface area contributed by atoms with Crippen LogP contribution < -0.4 is 5.32 Å². The summed E-state index contributed by atoms with van der Waals surface area (Å²) in [6, 6.07) is 0.0887. The first kappa shape index (κ1) is 14.0. The van der Waals surface area contributed by atoms with Crippen LogP contribution in [0.25, 0.3) is 0 Å². The fraction of sp³-hybridized carbons (Fsp3) is 0.938. The molecule has 5 nitrogen and oxygen atoms in total. The lowest BCUT2D eigenvalue weighted by atomic mass is 9.52. The molecular formula is C16H26N2O3. The van der Waals surface area contributed by atoms with E-state index in [1.165, 1.54) is 0 Å². The average molecular weight is 294 g/mol. The first-order valence-corrected chi connectivity index (χ1v) is 8.46. The molecule has 4 aliphatic carbocycles. The number of carbonyl (C=O) groups is 1. The largest absolute Gasteiger partial charge is 0.390 e. The molecule has 1 saturated heterocycles. The summed E-state index contributed by atoms with van der Waals surface area (Å²) in [5, 5.41) is 23.2. The van der Waals surface area contributed by atoms with Crippen molar-refractivity contribution in [2.45, 2.75) is 62.6 Å². The maximum atomic E-state index is 12.6. The Bertz CT molecular complexity index is 425. The van der Waals surface area contributed by atoms with Gasteiger partial charge in [-0.15, -0.1) is 0 Å². The van der Waals surface area contributed by atoms with E-state index in [-0.39, 0.29) is 24.7 Å². The number of carbonyl (C=O) groups excluding carboxylic acids is 1. The molecule has 0 spiro atoms. The zero-order valence-corrected chi connectivity index (χ0v) is 12.5. The number of nitrogens with zero attached hydrogens (tertiary/aromatic N) is 1. The molecule has 4 saturated carbocycles. The van der Waals surface area contributed by atoms with Crippen LogP contribution in [0.15, 0.2) is 0 Å². The molecule has 5 fully saturated rings. The number of amides is 1. The van der Waals surface area contributed by atoms with E-state index in [2.05, 4.69) is 5.32 Å². The standard InChI is InChI=1S/C16H26N2O3/c19-9-18-3-1-2-13(18)15(20)17-14-11-4-10-5-12(14)8-16(21,6-10)7-11/h10-14,19,21H,1-9H2,(H,17,20). The number of aliphatic hydroxyl groups is 2. The molecule has 118 valence electrons. The zero-order chi connectivity index (χ0) is 14.6. The minimum Gasteiger partial charge on any atom is -0.390 e. The Morgan fingerprint density at radius 3 is 2.57 bits per heavy atom. The van der Waals surface area contributed by atoms with Gasteiger partial charge in [0.25, 0.3) is 0 Å². The third-order valence-corrected chi connectivity index (χ3v) is 6.40. The molecular weight excluding hydrogens is 268 g/mol. The molecule has 5 rings (SSSR count). The molecule has 3 N–H and O–H groups in total. The van der Waals surface area contributed by atoms with Crippen LogP contribution >= 0.6 is 0 Å². The molecule has 5 aliphatic rings. The van der Waals surface area contributed by atoms with Gasteiger partial charge in [0.2, 0.25) is 5.91 Å². The van der Waals surface area contributed by atoms with Crippen molar-refractivity contribution in [1.82, 2.24) is 10.2 Å². The van der Waals surface area contributed by atoms with Crippen molar-refractivity contribution < 1.29 is 15.0 Å². The SMILES string of the molecule is O=C(NC1C2CC3CC1CC(O)(C3)C2)C1CCCN1CO. The van der Waals surface area contributed by atoms with E-state index in [1.807, 2.05) is 4.90 Å². The fourth-order valence-electron chi connectivity index (χ4n) is 5.77. The predicted molar refractivity (Wildman–Crippen MR) is 77.2 cm³/mol. The molecule has 21 heavy (non-hydrogen) atoms. The van der Waals surface area contributed by atoms with Crippen molar-refractivity contribution >= 4 is 5.91 Å². The van der Waals surface area contributed by atoms with Crippen LogP contribution in [-0.4, -0.2) is 52.0 Å². The Morgan fingerprint density at radius 2 is 1.95 bits per heavy atom. The highest BCUT2D eigenvalue weighted by Gasteiger charge is 2.55. The summed E-state index contributed by atoms with van der Waals surface area (Å²) in [4.78, 5) is 14.4. The lowest BCUT2D eigenvalue weighted by Crippen LogP contribution is -2.63. The summed E-state index contributed by atoms with van der Waals surface area (Å²) >= 11 is 0. The molecule has 3 atom stereocenters. The number of hydrogen-bond donors (Lipinski definition) is 3.